The molecule has 6 nitrogen and oxygen atoms in total. The summed E-state index contributed by atoms with van der Waals surface area (Å²) in [5, 5.41) is 5.98. The van der Waals surface area contributed by atoms with Gasteiger partial charge in [0.1, 0.15) is 5.69 Å². The molecule has 1 saturated heterocycles. The van der Waals surface area contributed by atoms with Crippen molar-refractivity contribution in [2.45, 2.75) is 32.2 Å². The number of pyridine rings is 1. The lowest BCUT2D eigenvalue weighted by atomic mass is 10.0. The van der Waals surface area contributed by atoms with Crippen molar-refractivity contribution in [3.8, 4) is 0 Å². The molecule has 1 aliphatic heterocycles. The van der Waals surface area contributed by atoms with Crippen LogP contribution in [0.3, 0.4) is 0 Å². The van der Waals surface area contributed by atoms with Gasteiger partial charge in [0.05, 0.1) is 23.4 Å². The van der Waals surface area contributed by atoms with E-state index in [-0.39, 0.29) is 23.5 Å². The lowest BCUT2D eigenvalue weighted by Gasteiger charge is -2.12. The van der Waals surface area contributed by atoms with Gasteiger partial charge in [-0.25, -0.2) is 13.4 Å². The molecule has 2 heterocycles. The molecule has 1 aliphatic rings. The molecule has 0 spiro atoms. The van der Waals surface area contributed by atoms with Crippen molar-refractivity contribution in [1.29, 1.82) is 0 Å². The van der Waals surface area contributed by atoms with Crippen molar-refractivity contribution in [2.75, 3.05) is 22.1 Å². The van der Waals surface area contributed by atoms with Gasteiger partial charge >= 0.3 is 0 Å². The monoisotopic (exact) mass is 373 g/mol. The fraction of sp³-hybridized carbons (Fsp3) is 0.368. The molecule has 26 heavy (non-hydrogen) atoms. The molecule has 7 heteroatoms. The highest BCUT2D eigenvalue weighted by Crippen LogP contribution is 2.19. The van der Waals surface area contributed by atoms with E-state index >= 15 is 0 Å². The van der Waals surface area contributed by atoms with Gasteiger partial charge in [0.15, 0.2) is 9.84 Å². The molecule has 1 amide bonds. The van der Waals surface area contributed by atoms with Gasteiger partial charge in [-0.15, -0.1) is 0 Å². The van der Waals surface area contributed by atoms with E-state index in [0.717, 1.165) is 5.69 Å². The molecule has 2 N–H and O–H groups in total. The van der Waals surface area contributed by atoms with Crippen LogP contribution in [0.5, 0.6) is 0 Å². The summed E-state index contributed by atoms with van der Waals surface area (Å²) in [7, 11) is -2.93. The van der Waals surface area contributed by atoms with Gasteiger partial charge < -0.3 is 10.6 Å². The first kappa shape index (κ1) is 18.4. The molecule has 0 radical (unpaired) electrons. The Kier molecular flexibility index (Phi) is 5.27. The number of nitrogens with zero attached hydrogens (tertiary/aromatic N) is 1. The topological polar surface area (TPSA) is 88.2 Å². The molecule has 1 unspecified atom stereocenters. The van der Waals surface area contributed by atoms with Gasteiger partial charge in [-0.1, -0.05) is 26.0 Å². The molecule has 0 saturated carbocycles. The first-order chi connectivity index (χ1) is 12.3. The van der Waals surface area contributed by atoms with Gasteiger partial charge in [-0.3, -0.25) is 4.79 Å². The minimum Gasteiger partial charge on any atom is -0.380 e. The molecule has 1 aromatic heterocycles. The molecule has 3 rings (SSSR count). The second kappa shape index (κ2) is 7.45. The summed E-state index contributed by atoms with van der Waals surface area (Å²) < 4.78 is 23.0. The smallest absolute Gasteiger partial charge is 0.274 e. The van der Waals surface area contributed by atoms with Crippen LogP contribution in [0, 0.1) is 0 Å². The maximum absolute atomic E-state index is 12.3. The van der Waals surface area contributed by atoms with Crippen molar-refractivity contribution in [2.24, 2.45) is 0 Å². The summed E-state index contributed by atoms with van der Waals surface area (Å²) in [4.78, 5) is 16.5. The third-order valence-electron chi connectivity index (χ3n) is 4.43. The fourth-order valence-corrected chi connectivity index (χ4v) is 4.58. The van der Waals surface area contributed by atoms with Crippen molar-refractivity contribution in [3.05, 3.63) is 53.9 Å². The number of carbonyl (C=O) groups is 1. The number of amides is 1. The number of rotatable bonds is 5. The zero-order valence-corrected chi connectivity index (χ0v) is 15.7. The molecule has 1 aromatic carbocycles. The zero-order valence-electron chi connectivity index (χ0n) is 14.9. The summed E-state index contributed by atoms with van der Waals surface area (Å²) in [5.74, 6) is 0.518. The zero-order chi connectivity index (χ0) is 18.7. The quantitative estimate of drug-likeness (QED) is 0.841. The van der Waals surface area contributed by atoms with E-state index in [2.05, 4.69) is 29.5 Å². The van der Waals surface area contributed by atoms with E-state index in [1.165, 1.54) is 5.56 Å². The number of nitrogens with one attached hydrogen (secondary N) is 2. The normalized spacial score (nSPS) is 18.7. The van der Waals surface area contributed by atoms with Gasteiger partial charge in [0, 0.05) is 11.7 Å². The van der Waals surface area contributed by atoms with Crippen LogP contribution in [-0.2, 0) is 9.84 Å². The molecule has 0 aliphatic carbocycles. The molecule has 0 bridgehead atoms. The molecule has 2 aromatic rings. The van der Waals surface area contributed by atoms with E-state index in [4.69, 9.17) is 0 Å². The number of benzene rings is 1. The molecule has 138 valence electrons. The van der Waals surface area contributed by atoms with Crippen LogP contribution < -0.4 is 10.6 Å². The molecule has 1 atom stereocenters. The van der Waals surface area contributed by atoms with Crippen LogP contribution in [0.2, 0.25) is 0 Å². The van der Waals surface area contributed by atoms with Crippen LogP contribution in [0.1, 0.15) is 42.2 Å². The number of anilines is 2. The lowest BCUT2D eigenvalue weighted by Crippen LogP contribution is -2.21. The molecule has 1 fully saturated rings. The van der Waals surface area contributed by atoms with Crippen molar-refractivity contribution in [3.63, 3.8) is 0 Å². The van der Waals surface area contributed by atoms with Crippen molar-refractivity contribution < 1.29 is 13.2 Å². The highest BCUT2D eigenvalue weighted by Gasteiger charge is 2.27. The van der Waals surface area contributed by atoms with E-state index in [0.29, 0.717) is 23.7 Å². The van der Waals surface area contributed by atoms with Crippen molar-refractivity contribution >= 4 is 27.1 Å². The Balaban J connectivity index is 1.60. The third-order valence-corrected chi connectivity index (χ3v) is 6.20. The predicted octanol–water partition coefficient (Wildman–Crippen LogP) is 3.06. The Labute approximate surface area is 154 Å². The SMILES string of the molecule is CC(C)c1ccc(NC(=O)c2ccc(NC3CCS(=O)(=O)C3)cn2)cc1. The first-order valence-corrected chi connectivity index (χ1v) is 10.5. The number of hydrogen-bond acceptors (Lipinski definition) is 5. The predicted molar refractivity (Wildman–Crippen MR) is 103 cm³/mol. The second-order valence-electron chi connectivity index (χ2n) is 6.91. The van der Waals surface area contributed by atoms with Gasteiger partial charge in [-0.2, -0.15) is 0 Å². The number of hydrogen-bond donors (Lipinski definition) is 2. The summed E-state index contributed by atoms with van der Waals surface area (Å²) in [6.45, 7) is 4.24. The molecular weight excluding hydrogens is 350 g/mol. The van der Waals surface area contributed by atoms with Crippen molar-refractivity contribution in [1.82, 2.24) is 4.98 Å². The highest BCUT2D eigenvalue weighted by atomic mass is 32.2. The highest BCUT2D eigenvalue weighted by molar-refractivity contribution is 7.91. The summed E-state index contributed by atoms with van der Waals surface area (Å²) in [5.41, 5.74) is 2.96. The van der Waals surface area contributed by atoms with Crippen LogP contribution >= 0.6 is 0 Å². The van der Waals surface area contributed by atoms with Crippen LogP contribution in [0.4, 0.5) is 11.4 Å². The Hall–Kier alpha value is -2.41. The van der Waals surface area contributed by atoms with Gasteiger partial charge in [0.2, 0.25) is 0 Å². The van der Waals surface area contributed by atoms with Crippen LogP contribution in [-0.4, -0.2) is 36.9 Å². The van der Waals surface area contributed by atoms with Gasteiger partial charge in [-0.05, 0) is 42.2 Å². The van der Waals surface area contributed by atoms with Gasteiger partial charge in [0.25, 0.3) is 5.91 Å². The fourth-order valence-electron chi connectivity index (χ4n) is 2.90. The third kappa shape index (κ3) is 4.60. The lowest BCUT2D eigenvalue weighted by molar-refractivity contribution is 0.102. The summed E-state index contributed by atoms with van der Waals surface area (Å²) in [6, 6.07) is 11.0. The van der Waals surface area contributed by atoms with E-state index in [1.807, 2.05) is 24.3 Å². The minimum atomic E-state index is -2.93. The standard InChI is InChI=1S/C19H23N3O3S/c1-13(2)14-3-5-15(6-4-14)22-19(23)18-8-7-16(11-20-18)21-17-9-10-26(24,25)12-17/h3-8,11,13,17,21H,9-10,12H2,1-2H3,(H,22,23). The largest absolute Gasteiger partial charge is 0.380 e. The average molecular weight is 373 g/mol. The second-order valence-corrected chi connectivity index (χ2v) is 9.14. The Morgan fingerprint density at radius 3 is 2.35 bits per heavy atom. The maximum atomic E-state index is 12.3. The van der Waals surface area contributed by atoms with E-state index < -0.39 is 9.84 Å². The average Bonchev–Trinajstić information content (AvgIpc) is 2.94. The Morgan fingerprint density at radius 2 is 1.81 bits per heavy atom. The molecular formula is C19H23N3O3S. The number of aromatic nitrogens is 1. The Bertz CT molecular complexity index is 875. The van der Waals surface area contributed by atoms with E-state index in [9.17, 15) is 13.2 Å². The number of sulfone groups is 1. The summed E-state index contributed by atoms with van der Waals surface area (Å²) >= 11 is 0. The minimum absolute atomic E-state index is 0.0963. The first-order valence-electron chi connectivity index (χ1n) is 8.67. The maximum Gasteiger partial charge on any atom is 0.274 e. The summed E-state index contributed by atoms with van der Waals surface area (Å²) in [6.07, 6.45) is 2.15. The van der Waals surface area contributed by atoms with Crippen LogP contribution in [0.15, 0.2) is 42.6 Å². The van der Waals surface area contributed by atoms with E-state index in [1.54, 1.807) is 18.3 Å². The Morgan fingerprint density at radius 1 is 1.12 bits per heavy atom. The number of carbonyl (C=O) groups excluding carboxylic acids is 1. The van der Waals surface area contributed by atoms with Crippen LogP contribution in [0.25, 0.3) is 0 Å².